The predicted molar refractivity (Wildman–Crippen MR) is 57.0 cm³/mol. The van der Waals surface area contributed by atoms with Crippen LogP contribution in [0, 0.1) is 5.92 Å². The van der Waals surface area contributed by atoms with E-state index in [-0.39, 0.29) is 6.04 Å². The molecule has 5 heteroatoms. The van der Waals surface area contributed by atoms with Crippen LogP contribution in [0.25, 0.3) is 0 Å². The summed E-state index contributed by atoms with van der Waals surface area (Å²) in [5.41, 5.74) is 0. The van der Waals surface area contributed by atoms with E-state index in [4.69, 9.17) is 0 Å². The molecule has 0 aliphatic rings. The highest BCUT2D eigenvalue weighted by molar-refractivity contribution is 5.78. The maximum absolute atomic E-state index is 12.4. The third kappa shape index (κ3) is 4.86. The molecule has 0 fully saturated rings. The molecule has 0 radical (unpaired) electrons. The SMILES string of the molecule is CCC(CC)N(CC(F)(F)F)C(=O)C(C)C. The van der Waals surface area contributed by atoms with E-state index < -0.39 is 24.5 Å². The summed E-state index contributed by atoms with van der Waals surface area (Å²) in [5.74, 6) is -0.825. The molecule has 0 aromatic carbocycles. The molecule has 0 saturated carbocycles. The molecular formula is C11H20F3NO. The Morgan fingerprint density at radius 1 is 1.19 bits per heavy atom. The molecule has 0 unspecified atom stereocenters. The molecule has 0 aliphatic heterocycles. The molecule has 0 heterocycles. The molecule has 0 aromatic heterocycles. The van der Waals surface area contributed by atoms with Crippen molar-refractivity contribution in [3.63, 3.8) is 0 Å². The molecule has 0 aliphatic carbocycles. The molecule has 16 heavy (non-hydrogen) atoms. The zero-order valence-electron chi connectivity index (χ0n) is 10.3. The first-order chi connectivity index (χ1) is 7.22. The van der Waals surface area contributed by atoms with Crippen molar-refractivity contribution in [2.24, 2.45) is 5.92 Å². The van der Waals surface area contributed by atoms with Crippen molar-refractivity contribution in [3.05, 3.63) is 0 Å². The minimum atomic E-state index is -4.33. The highest BCUT2D eigenvalue weighted by Crippen LogP contribution is 2.21. The monoisotopic (exact) mass is 239 g/mol. The molecule has 96 valence electrons. The number of halogens is 3. The van der Waals surface area contributed by atoms with Crippen molar-refractivity contribution in [3.8, 4) is 0 Å². The van der Waals surface area contributed by atoms with Crippen LogP contribution < -0.4 is 0 Å². The first-order valence-corrected chi connectivity index (χ1v) is 5.60. The molecular weight excluding hydrogens is 219 g/mol. The molecule has 0 N–H and O–H groups in total. The largest absolute Gasteiger partial charge is 0.406 e. The molecule has 0 saturated heterocycles. The van der Waals surface area contributed by atoms with E-state index in [0.29, 0.717) is 12.8 Å². The summed E-state index contributed by atoms with van der Waals surface area (Å²) in [6, 6.07) is -0.323. The van der Waals surface area contributed by atoms with Crippen LogP contribution in [-0.2, 0) is 4.79 Å². The van der Waals surface area contributed by atoms with Crippen molar-refractivity contribution >= 4 is 5.91 Å². The van der Waals surface area contributed by atoms with Crippen LogP contribution >= 0.6 is 0 Å². The van der Waals surface area contributed by atoms with E-state index in [0.717, 1.165) is 4.90 Å². The van der Waals surface area contributed by atoms with Crippen LogP contribution in [0.15, 0.2) is 0 Å². The molecule has 0 bridgehead atoms. The lowest BCUT2D eigenvalue weighted by molar-refractivity contribution is -0.168. The summed E-state index contributed by atoms with van der Waals surface area (Å²) < 4.78 is 37.1. The average Bonchev–Trinajstić information content (AvgIpc) is 2.15. The van der Waals surface area contributed by atoms with Gasteiger partial charge in [0, 0.05) is 12.0 Å². The van der Waals surface area contributed by atoms with E-state index >= 15 is 0 Å². The third-order valence-electron chi connectivity index (χ3n) is 2.51. The predicted octanol–water partition coefficient (Wildman–Crippen LogP) is 3.22. The quantitative estimate of drug-likeness (QED) is 0.721. The number of nitrogens with zero attached hydrogens (tertiary/aromatic N) is 1. The van der Waals surface area contributed by atoms with Crippen LogP contribution in [0.1, 0.15) is 40.5 Å². The maximum atomic E-state index is 12.4. The summed E-state index contributed by atoms with van der Waals surface area (Å²) in [5, 5.41) is 0. The van der Waals surface area contributed by atoms with Gasteiger partial charge < -0.3 is 4.90 Å². The Morgan fingerprint density at radius 3 is 1.88 bits per heavy atom. The number of hydrogen-bond donors (Lipinski definition) is 0. The molecule has 0 atom stereocenters. The highest BCUT2D eigenvalue weighted by Gasteiger charge is 2.36. The lowest BCUT2D eigenvalue weighted by Gasteiger charge is -2.32. The molecule has 0 aromatic rings. The second kappa shape index (κ2) is 6.11. The summed E-state index contributed by atoms with van der Waals surface area (Å²) in [6.07, 6.45) is -3.23. The van der Waals surface area contributed by atoms with Crippen LogP contribution in [0.5, 0.6) is 0 Å². The maximum Gasteiger partial charge on any atom is 0.406 e. The standard InChI is InChI=1S/C11H20F3NO/c1-5-9(6-2)15(7-11(12,13)14)10(16)8(3)4/h8-9H,5-7H2,1-4H3. The third-order valence-corrected chi connectivity index (χ3v) is 2.51. The molecule has 0 rings (SSSR count). The van der Waals surface area contributed by atoms with Gasteiger partial charge in [-0.25, -0.2) is 0 Å². The second-order valence-electron chi connectivity index (χ2n) is 4.21. The fraction of sp³-hybridized carbons (Fsp3) is 0.909. The number of carbonyl (C=O) groups excluding carboxylic acids is 1. The van der Waals surface area contributed by atoms with Crippen molar-refractivity contribution < 1.29 is 18.0 Å². The Kier molecular flexibility index (Phi) is 5.83. The smallest absolute Gasteiger partial charge is 0.330 e. The Morgan fingerprint density at radius 2 is 1.62 bits per heavy atom. The summed E-state index contributed by atoms with van der Waals surface area (Å²) in [7, 11) is 0. The number of amides is 1. The van der Waals surface area contributed by atoms with E-state index in [2.05, 4.69) is 0 Å². The first-order valence-electron chi connectivity index (χ1n) is 5.60. The van der Waals surface area contributed by atoms with E-state index in [9.17, 15) is 18.0 Å². The van der Waals surface area contributed by atoms with Gasteiger partial charge in [0.05, 0.1) is 0 Å². The molecule has 2 nitrogen and oxygen atoms in total. The zero-order chi connectivity index (χ0) is 12.9. The topological polar surface area (TPSA) is 20.3 Å². The molecule has 1 amide bonds. The fourth-order valence-electron chi connectivity index (χ4n) is 1.64. The van der Waals surface area contributed by atoms with E-state index in [1.54, 1.807) is 27.7 Å². The van der Waals surface area contributed by atoms with Gasteiger partial charge in [-0.15, -0.1) is 0 Å². The van der Waals surface area contributed by atoms with Crippen LogP contribution in [0.2, 0.25) is 0 Å². The minimum Gasteiger partial charge on any atom is -0.330 e. The van der Waals surface area contributed by atoms with E-state index in [1.807, 2.05) is 0 Å². The van der Waals surface area contributed by atoms with Crippen molar-refractivity contribution in [2.45, 2.75) is 52.8 Å². The van der Waals surface area contributed by atoms with Gasteiger partial charge in [-0.2, -0.15) is 13.2 Å². The van der Waals surface area contributed by atoms with Crippen molar-refractivity contribution in [1.82, 2.24) is 4.90 Å². The fourth-order valence-corrected chi connectivity index (χ4v) is 1.64. The van der Waals surface area contributed by atoms with Gasteiger partial charge in [-0.1, -0.05) is 27.7 Å². The minimum absolute atomic E-state index is 0.323. The first kappa shape index (κ1) is 15.3. The summed E-state index contributed by atoms with van der Waals surface area (Å²) in [6.45, 7) is 5.69. The Bertz CT molecular complexity index is 222. The van der Waals surface area contributed by atoms with Gasteiger partial charge in [0.15, 0.2) is 0 Å². The highest BCUT2D eigenvalue weighted by atomic mass is 19.4. The zero-order valence-corrected chi connectivity index (χ0v) is 10.3. The normalized spacial score (nSPS) is 12.3. The number of carbonyl (C=O) groups is 1. The Hall–Kier alpha value is -0.740. The van der Waals surface area contributed by atoms with Gasteiger partial charge in [0.1, 0.15) is 6.54 Å². The van der Waals surface area contributed by atoms with Crippen LogP contribution in [0.4, 0.5) is 13.2 Å². The summed E-state index contributed by atoms with van der Waals surface area (Å²) in [4.78, 5) is 12.7. The second-order valence-corrected chi connectivity index (χ2v) is 4.21. The lowest BCUT2D eigenvalue weighted by atomic mass is 10.1. The van der Waals surface area contributed by atoms with Gasteiger partial charge in [-0.3, -0.25) is 4.79 Å². The van der Waals surface area contributed by atoms with Gasteiger partial charge in [0.25, 0.3) is 0 Å². The Balaban J connectivity index is 4.82. The van der Waals surface area contributed by atoms with Gasteiger partial charge in [-0.05, 0) is 12.8 Å². The number of rotatable bonds is 5. The van der Waals surface area contributed by atoms with Gasteiger partial charge >= 0.3 is 6.18 Å². The van der Waals surface area contributed by atoms with Gasteiger partial charge in [0.2, 0.25) is 5.91 Å². The van der Waals surface area contributed by atoms with Crippen molar-refractivity contribution in [1.29, 1.82) is 0 Å². The number of alkyl halides is 3. The van der Waals surface area contributed by atoms with Crippen LogP contribution in [0.3, 0.4) is 0 Å². The lowest BCUT2D eigenvalue weighted by Crippen LogP contribution is -2.47. The Labute approximate surface area is 94.8 Å². The number of hydrogen-bond acceptors (Lipinski definition) is 1. The van der Waals surface area contributed by atoms with Crippen molar-refractivity contribution in [2.75, 3.05) is 6.54 Å². The van der Waals surface area contributed by atoms with Crippen LogP contribution in [-0.4, -0.2) is 29.6 Å². The van der Waals surface area contributed by atoms with E-state index in [1.165, 1.54) is 0 Å². The average molecular weight is 239 g/mol. The summed E-state index contributed by atoms with van der Waals surface area (Å²) >= 11 is 0. The molecule has 0 spiro atoms.